The Balaban J connectivity index is 1.86. The molecule has 0 aliphatic rings. The van der Waals surface area contributed by atoms with Crippen LogP contribution in [-0.2, 0) is 6.54 Å². The number of para-hydroxylation sites is 2. The summed E-state index contributed by atoms with van der Waals surface area (Å²) in [6.07, 6.45) is 5.88. The molecule has 24 heavy (non-hydrogen) atoms. The Bertz CT molecular complexity index is 1120. The second-order valence-corrected chi connectivity index (χ2v) is 5.66. The van der Waals surface area contributed by atoms with E-state index in [-0.39, 0.29) is 5.56 Å². The zero-order valence-electron chi connectivity index (χ0n) is 13.4. The summed E-state index contributed by atoms with van der Waals surface area (Å²) in [6.45, 7) is 2.55. The van der Waals surface area contributed by atoms with Gasteiger partial charge in [-0.1, -0.05) is 30.3 Å². The van der Waals surface area contributed by atoms with Gasteiger partial charge in [0.25, 0.3) is 5.56 Å². The van der Waals surface area contributed by atoms with E-state index in [2.05, 4.69) is 16.0 Å². The van der Waals surface area contributed by atoms with Gasteiger partial charge in [0.15, 0.2) is 0 Å². The van der Waals surface area contributed by atoms with E-state index in [0.29, 0.717) is 17.8 Å². The fourth-order valence-electron chi connectivity index (χ4n) is 3.01. The molecule has 0 unspecified atom stereocenters. The largest absolute Gasteiger partial charge is 0.361 e. The molecule has 0 atom stereocenters. The van der Waals surface area contributed by atoms with E-state index in [1.807, 2.05) is 67.7 Å². The van der Waals surface area contributed by atoms with Gasteiger partial charge in [-0.3, -0.25) is 9.36 Å². The molecule has 0 saturated carbocycles. The van der Waals surface area contributed by atoms with Crippen LogP contribution in [0.2, 0.25) is 0 Å². The van der Waals surface area contributed by atoms with Crippen molar-refractivity contribution in [2.45, 2.75) is 13.5 Å². The highest BCUT2D eigenvalue weighted by Crippen LogP contribution is 2.20. The van der Waals surface area contributed by atoms with Crippen LogP contribution in [0.15, 0.2) is 59.5 Å². The van der Waals surface area contributed by atoms with E-state index in [1.165, 1.54) is 0 Å². The third kappa shape index (κ3) is 2.33. The van der Waals surface area contributed by atoms with Crippen molar-refractivity contribution in [1.29, 1.82) is 0 Å². The Labute approximate surface area is 139 Å². The highest BCUT2D eigenvalue weighted by atomic mass is 16.1. The maximum Gasteiger partial charge on any atom is 0.261 e. The van der Waals surface area contributed by atoms with Gasteiger partial charge in [-0.15, -0.1) is 0 Å². The number of nitrogens with one attached hydrogen (secondary N) is 1. The molecule has 1 N–H and O–H groups in total. The highest BCUT2D eigenvalue weighted by molar-refractivity contribution is 5.91. The maximum atomic E-state index is 12.6. The minimum atomic E-state index is 0.00155. The monoisotopic (exact) mass is 315 g/mol. The number of hydrogen-bond donors (Lipinski definition) is 1. The Kier molecular flexibility index (Phi) is 3.50. The van der Waals surface area contributed by atoms with Gasteiger partial charge in [-0.25, -0.2) is 4.98 Å². The molecule has 0 aliphatic heterocycles. The molecule has 2 aromatic heterocycles. The summed E-state index contributed by atoms with van der Waals surface area (Å²) in [6, 6.07) is 15.6. The van der Waals surface area contributed by atoms with Crippen molar-refractivity contribution in [2.24, 2.45) is 0 Å². The molecule has 0 aliphatic carbocycles. The predicted octanol–water partition coefficient (Wildman–Crippen LogP) is 4.07. The van der Waals surface area contributed by atoms with Gasteiger partial charge in [-0.2, -0.15) is 0 Å². The number of fused-ring (bicyclic) bond motifs is 2. The lowest BCUT2D eigenvalue weighted by atomic mass is 10.1. The summed E-state index contributed by atoms with van der Waals surface area (Å²) in [5, 5.41) is 1.81. The molecule has 4 nitrogen and oxygen atoms in total. The summed E-state index contributed by atoms with van der Waals surface area (Å²) in [7, 11) is 0. The van der Waals surface area contributed by atoms with Crippen LogP contribution >= 0.6 is 0 Å². The number of rotatable bonds is 3. The van der Waals surface area contributed by atoms with Crippen LogP contribution in [0.4, 0.5) is 0 Å². The van der Waals surface area contributed by atoms with Crippen LogP contribution in [0, 0.1) is 0 Å². The van der Waals surface area contributed by atoms with Crippen molar-refractivity contribution in [3.8, 4) is 0 Å². The first kappa shape index (κ1) is 14.5. The average molecular weight is 315 g/mol. The fraction of sp³-hybridized carbons (Fsp3) is 0.100. The molecule has 0 spiro atoms. The van der Waals surface area contributed by atoms with Gasteiger partial charge in [0.1, 0.15) is 5.82 Å². The smallest absolute Gasteiger partial charge is 0.261 e. The van der Waals surface area contributed by atoms with Gasteiger partial charge < -0.3 is 4.98 Å². The van der Waals surface area contributed by atoms with Crippen LogP contribution in [-0.4, -0.2) is 14.5 Å². The van der Waals surface area contributed by atoms with E-state index >= 15 is 0 Å². The fourth-order valence-corrected chi connectivity index (χ4v) is 3.01. The van der Waals surface area contributed by atoms with Crippen molar-refractivity contribution in [3.63, 3.8) is 0 Å². The molecular weight excluding hydrogens is 298 g/mol. The number of benzene rings is 2. The van der Waals surface area contributed by atoms with Crippen LogP contribution in [0.1, 0.15) is 18.3 Å². The molecule has 0 fully saturated rings. The molecule has 4 heteroatoms. The normalized spacial score (nSPS) is 11.7. The predicted molar refractivity (Wildman–Crippen MR) is 98.9 cm³/mol. The third-order valence-electron chi connectivity index (χ3n) is 4.24. The minimum Gasteiger partial charge on any atom is -0.361 e. The Hall–Kier alpha value is -3.14. The number of aromatic amines is 1. The van der Waals surface area contributed by atoms with Gasteiger partial charge in [0.05, 0.1) is 10.9 Å². The number of H-pyrrole nitrogens is 1. The summed E-state index contributed by atoms with van der Waals surface area (Å²) in [5.41, 5.74) is 2.90. The zero-order valence-corrected chi connectivity index (χ0v) is 13.4. The molecular formula is C20H17N3O. The zero-order chi connectivity index (χ0) is 16.5. The van der Waals surface area contributed by atoms with Crippen molar-refractivity contribution in [2.75, 3.05) is 0 Å². The first-order chi connectivity index (χ1) is 11.8. The average Bonchev–Trinajstić information content (AvgIpc) is 3.03. The van der Waals surface area contributed by atoms with Crippen molar-refractivity contribution in [3.05, 3.63) is 76.5 Å². The Morgan fingerprint density at radius 2 is 1.79 bits per heavy atom. The van der Waals surface area contributed by atoms with Gasteiger partial charge in [0, 0.05) is 23.6 Å². The van der Waals surface area contributed by atoms with Crippen LogP contribution in [0.25, 0.3) is 34.0 Å². The van der Waals surface area contributed by atoms with E-state index < -0.39 is 0 Å². The Morgan fingerprint density at radius 1 is 1.04 bits per heavy atom. The van der Waals surface area contributed by atoms with Crippen LogP contribution < -0.4 is 5.56 Å². The van der Waals surface area contributed by atoms with E-state index in [4.69, 9.17) is 0 Å². The SMILES string of the molecule is CCn1c(/C=C/c2c[nH]c3ccccc23)nc2ccccc2c1=O. The number of nitrogens with zero attached hydrogens (tertiary/aromatic N) is 2. The van der Waals surface area contributed by atoms with Gasteiger partial charge in [0.2, 0.25) is 0 Å². The van der Waals surface area contributed by atoms with Crippen molar-refractivity contribution >= 4 is 34.0 Å². The maximum absolute atomic E-state index is 12.6. The lowest BCUT2D eigenvalue weighted by Crippen LogP contribution is -2.22. The van der Waals surface area contributed by atoms with E-state index in [9.17, 15) is 4.79 Å². The summed E-state index contributed by atoms with van der Waals surface area (Å²) in [4.78, 5) is 20.5. The number of aromatic nitrogens is 3. The van der Waals surface area contributed by atoms with Crippen molar-refractivity contribution in [1.82, 2.24) is 14.5 Å². The first-order valence-corrected chi connectivity index (χ1v) is 8.01. The molecule has 2 heterocycles. The second kappa shape index (κ2) is 5.81. The van der Waals surface area contributed by atoms with E-state index in [1.54, 1.807) is 4.57 Å². The second-order valence-electron chi connectivity index (χ2n) is 5.66. The molecule has 0 bridgehead atoms. The quantitative estimate of drug-likeness (QED) is 0.619. The molecule has 2 aromatic carbocycles. The van der Waals surface area contributed by atoms with Gasteiger partial charge >= 0.3 is 0 Å². The van der Waals surface area contributed by atoms with Crippen LogP contribution in [0.5, 0.6) is 0 Å². The van der Waals surface area contributed by atoms with Crippen molar-refractivity contribution < 1.29 is 0 Å². The molecule has 0 radical (unpaired) electrons. The molecule has 4 aromatic rings. The Morgan fingerprint density at radius 3 is 2.62 bits per heavy atom. The van der Waals surface area contributed by atoms with Crippen LogP contribution in [0.3, 0.4) is 0 Å². The molecule has 0 amide bonds. The molecule has 118 valence electrons. The minimum absolute atomic E-state index is 0.00155. The molecule has 0 saturated heterocycles. The standard InChI is InChI=1S/C20H17N3O/c1-2-23-19(22-18-10-6-4-8-16(18)20(23)24)12-11-14-13-21-17-9-5-3-7-15(14)17/h3-13,21H,2H2,1H3/b12-11+. The van der Waals surface area contributed by atoms with Gasteiger partial charge in [-0.05, 0) is 42.8 Å². The highest BCUT2D eigenvalue weighted by Gasteiger charge is 2.07. The summed E-state index contributed by atoms with van der Waals surface area (Å²) in [5.74, 6) is 0.673. The van der Waals surface area contributed by atoms with E-state index in [0.717, 1.165) is 22.0 Å². The lowest BCUT2D eigenvalue weighted by Gasteiger charge is -2.08. The number of hydrogen-bond acceptors (Lipinski definition) is 2. The third-order valence-corrected chi connectivity index (χ3v) is 4.24. The lowest BCUT2D eigenvalue weighted by molar-refractivity contribution is 0.708. The topological polar surface area (TPSA) is 50.7 Å². The first-order valence-electron chi connectivity index (χ1n) is 8.01. The summed E-state index contributed by atoms with van der Waals surface area (Å²) < 4.78 is 1.70. The molecule has 4 rings (SSSR count). The summed E-state index contributed by atoms with van der Waals surface area (Å²) >= 11 is 0.